The van der Waals surface area contributed by atoms with Crippen LogP contribution in [-0.2, 0) is 7.81 Å². The average molecular weight is 727 g/mol. The second-order valence-electron chi connectivity index (χ2n) is 8.82. The Morgan fingerprint density at radius 3 is 2.51 bits per heavy atom. The van der Waals surface area contributed by atoms with E-state index < -0.39 is 33.5 Å². The van der Waals surface area contributed by atoms with E-state index in [0.29, 0.717) is 39.3 Å². The first-order chi connectivity index (χ1) is 18.0. The topological polar surface area (TPSA) is 93.9 Å². The van der Waals surface area contributed by atoms with Crippen LogP contribution in [0, 0.1) is 3.57 Å². The first kappa shape index (κ1) is 26.2. The molecule has 1 aliphatic rings. The molecule has 1 N–H and O–H groups in total. The van der Waals surface area contributed by atoms with Gasteiger partial charge in [0.1, 0.15) is 0 Å². The van der Waals surface area contributed by atoms with Crippen LogP contribution in [0.4, 0.5) is 5.69 Å². The van der Waals surface area contributed by atoms with E-state index in [1.807, 2.05) is 74.5 Å². The Morgan fingerprint density at radius 1 is 1.03 bits per heavy atom. The van der Waals surface area contributed by atoms with Crippen molar-refractivity contribution >= 4 is 49.9 Å². The molecule has 1 aliphatic heterocycles. The monoisotopic (exact) mass is 727 g/mol. The number of benzene rings is 3. The van der Waals surface area contributed by atoms with E-state index in [1.165, 1.54) is 4.68 Å². The predicted octanol–water partition coefficient (Wildman–Crippen LogP) is 5.49. The fourth-order valence-corrected chi connectivity index (χ4v) is 9.41. The molecule has 2 heterocycles. The Kier molecular flexibility index (Phi) is 8.17. The Labute approximate surface area is 228 Å². The van der Waals surface area contributed by atoms with Crippen molar-refractivity contribution in [2.75, 3.05) is 31.2 Å². The van der Waals surface area contributed by atoms with E-state index in [1.54, 1.807) is 6.07 Å². The van der Waals surface area contributed by atoms with Gasteiger partial charge in [0.15, 0.2) is 0 Å². The number of ether oxygens (including phenoxy) is 2. The molecule has 4 aromatic rings. The number of aromatic nitrogens is 2. The number of hydrogen-bond acceptors (Lipinski definition) is 7. The van der Waals surface area contributed by atoms with E-state index in [2.05, 4.69) is 4.90 Å². The van der Waals surface area contributed by atoms with Gasteiger partial charge in [-0.3, -0.25) is 0 Å². The molecule has 1 saturated heterocycles. The van der Waals surface area contributed by atoms with Gasteiger partial charge in [-0.05, 0) is 0 Å². The summed E-state index contributed by atoms with van der Waals surface area (Å²) < 4.78 is 36.0. The van der Waals surface area contributed by atoms with Gasteiger partial charge < -0.3 is 0 Å². The van der Waals surface area contributed by atoms with Crippen LogP contribution in [0.3, 0.4) is 0 Å². The van der Waals surface area contributed by atoms with Crippen molar-refractivity contribution in [3.63, 3.8) is 0 Å². The maximum absolute atomic E-state index is 13.8. The van der Waals surface area contributed by atoms with Crippen molar-refractivity contribution in [2.24, 2.45) is 0 Å². The van der Waals surface area contributed by atoms with E-state index in [0.717, 1.165) is 29.7 Å². The van der Waals surface area contributed by atoms with E-state index in [-0.39, 0.29) is 11.7 Å². The fourth-order valence-electron chi connectivity index (χ4n) is 4.40. The number of halogens is 2. The number of fused-ring (bicyclic) bond motifs is 1. The van der Waals surface area contributed by atoms with Crippen molar-refractivity contribution in [1.29, 1.82) is 0 Å². The van der Waals surface area contributed by atoms with Crippen molar-refractivity contribution < 1.29 is 16.0 Å². The number of nitrogens with zero attached hydrogens (tertiary/aromatic N) is 3. The third-order valence-corrected chi connectivity index (χ3v) is 13.3. The summed E-state index contributed by atoms with van der Waals surface area (Å²) in [5, 5.41) is 6.10. The molecule has 0 bridgehead atoms. The number of anilines is 1. The van der Waals surface area contributed by atoms with Crippen LogP contribution in [0.1, 0.15) is 13.8 Å². The third kappa shape index (κ3) is 5.56. The van der Waals surface area contributed by atoms with Crippen LogP contribution in [0.5, 0.6) is 5.75 Å². The maximum atomic E-state index is 13.8. The molecule has 8 nitrogen and oxygen atoms in total. The third-order valence-electron chi connectivity index (χ3n) is 6.04. The molecule has 0 saturated carbocycles. The molecular formula is C27H27I2N3O5. The molecule has 0 spiro atoms. The fraction of sp³-hybridized carbons (Fsp3) is 0.259. The second kappa shape index (κ2) is 11.5. The quantitative estimate of drug-likeness (QED) is 0.252. The van der Waals surface area contributed by atoms with Crippen molar-refractivity contribution in [3.05, 3.63) is 80.7 Å². The molecule has 0 amide bonds. The van der Waals surface area contributed by atoms with Gasteiger partial charge >= 0.3 is 230 Å². The van der Waals surface area contributed by atoms with Gasteiger partial charge in [0, 0.05) is 0 Å². The van der Waals surface area contributed by atoms with Crippen LogP contribution in [-0.4, -0.2) is 45.6 Å². The molecular weight excluding hydrogens is 700 g/mol. The van der Waals surface area contributed by atoms with Gasteiger partial charge in [-0.1, -0.05) is 0 Å². The zero-order chi connectivity index (χ0) is 25.9. The molecule has 3 aromatic carbocycles. The molecule has 37 heavy (non-hydrogen) atoms. The van der Waals surface area contributed by atoms with Gasteiger partial charge in [-0.25, -0.2) is 0 Å². The van der Waals surface area contributed by atoms with Crippen LogP contribution in [0.25, 0.3) is 27.7 Å². The normalized spacial score (nSPS) is 14.3. The van der Waals surface area contributed by atoms with Crippen LogP contribution < -0.4 is 15.2 Å². The average Bonchev–Trinajstić information content (AvgIpc) is 2.93. The molecule has 194 valence electrons. The summed E-state index contributed by atoms with van der Waals surface area (Å²) >= 11 is -4.53. The van der Waals surface area contributed by atoms with Crippen LogP contribution in [0.2, 0.25) is 0 Å². The molecule has 1 fully saturated rings. The predicted molar refractivity (Wildman–Crippen MR) is 161 cm³/mol. The molecule has 0 unspecified atom stereocenters. The molecule has 0 atom stereocenters. The second-order valence-corrected chi connectivity index (χ2v) is 19.0. The first-order valence-electron chi connectivity index (χ1n) is 11.9. The summed E-state index contributed by atoms with van der Waals surface area (Å²) in [4.78, 5) is 16.0. The van der Waals surface area contributed by atoms with Crippen LogP contribution >= 0.6 is 33.5 Å². The van der Waals surface area contributed by atoms with E-state index in [9.17, 15) is 11.3 Å². The van der Waals surface area contributed by atoms with Crippen molar-refractivity contribution in [3.8, 4) is 22.7 Å². The summed E-state index contributed by atoms with van der Waals surface area (Å²) in [6.07, 6.45) is 0.0156. The Balaban J connectivity index is 1.75. The summed E-state index contributed by atoms with van der Waals surface area (Å²) in [7, 11) is 0. The SMILES string of the molecule is CC(C)Oc1cccc(-c2nn(-c3cc(N4CCOCC4)ccc3I(O)I=O)c(=O)c3ccccc23)c1. The summed E-state index contributed by atoms with van der Waals surface area (Å²) in [5.74, 6) is 0.714. The van der Waals surface area contributed by atoms with Gasteiger partial charge in [0.05, 0.1) is 0 Å². The van der Waals surface area contributed by atoms with Gasteiger partial charge in [-0.2, -0.15) is 0 Å². The summed E-state index contributed by atoms with van der Waals surface area (Å²) in [6, 6.07) is 20.7. The first-order valence-corrected chi connectivity index (χ1v) is 21.1. The summed E-state index contributed by atoms with van der Waals surface area (Å²) in [5.41, 5.74) is 2.54. The standard InChI is InChI=1S/C27H27I2N3O5/c1-18(2)37-21-7-5-6-19(16-21)26-22-8-3-4-9-23(22)27(33)32(30-26)25-17-20(31-12-14-36-15-13-31)10-11-24(25)29(35)28-34/h3-11,16-18,35H,12-15H2,1-2H3. The van der Waals surface area contributed by atoms with Gasteiger partial charge in [0.2, 0.25) is 0 Å². The van der Waals surface area contributed by atoms with Gasteiger partial charge in [0.25, 0.3) is 0 Å². The van der Waals surface area contributed by atoms with Crippen LogP contribution in [0.15, 0.2) is 71.5 Å². The van der Waals surface area contributed by atoms with E-state index >= 15 is 0 Å². The molecule has 5 rings (SSSR count). The van der Waals surface area contributed by atoms with Gasteiger partial charge in [-0.15, -0.1) is 0 Å². The van der Waals surface area contributed by atoms with E-state index in [4.69, 9.17) is 14.6 Å². The Hall–Kier alpha value is -2.42. The summed E-state index contributed by atoms with van der Waals surface area (Å²) in [6.45, 7) is 6.63. The zero-order valence-electron chi connectivity index (χ0n) is 20.4. The van der Waals surface area contributed by atoms with Crippen molar-refractivity contribution in [1.82, 2.24) is 9.78 Å². The number of morpholine rings is 1. The molecule has 0 aliphatic carbocycles. The minimum absolute atomic E-state index is 0.0156. The Bertz CT molecular complexity index is 1500. The number of rotatable bonds is 7. The molecule has 1 aromatic heterocycles. The molecule has 0 radical (unpaired) electrons. The zero-order valence-corrected chi connectivity index (χ0v) is 24.7. The Morgan fingerprint density at radius 2 is 1.78 bits per heavy atom. The van der Waals surface area contributed by atoms with Crippen molar-refractivity contribution in [2.45, 2.75) is 20.0 Å². The number of hydrogen-bond donors (Lipinski definition) is 1. The molecule has 10 heteroatoms. The minimum atomic E-state index is -2.92.